The Hall–Kier alpha value is -1.65. The van der Waals surface area contributed by atoms with Crippen LogP contribution in [0.5, 0.6) is 0 Å². The molecule has 0 aliphatic rings. The Morgan fingerprint density at radius 2 is 2.00 bits per heavy atom. The second kappa shape index (κ2) is 5.16. The molecule has 2 N–H and O–H groups in total. The molecule has 0 rings (SSSR count). The van der Waals surface area contributed by atoms with Gasteiger partial charge in [0.05, 0.1) is 6.54 Å². The van der Waals surface area contributed by atoms with Crippen molar-refractivity contribution in [1.82, 2.24) is 5.32 Å². The molecule has 0 spiro atoms. The van der Waals surface area contributed by atoms with Crippen LogP contribution in [0.2, 0.25) is 0 Å². The maximum Gasteiger partial charge on any atom is 0.328 e. The number of rotatable bonds is 4. The Labute approximate surface area is 62.7 Å². The Morgan fingerprint density at radius 3 is 2.45 bits per heavy atom. The third kappa shape index (κ3) is 6.23. The molecular weight excluding hydrogens is 150 g/mol. The summed E-state index contributed by atoms with van der Waals surface area (Å²) in [5.74, 6) is -1.80. The first-order valence-corrected chi connectivity index (χ1v) is 2.79. The zero-order valence-corrected chi connectivity index (χ0v) is 5.61. The van der Waals surface area contributed by atoms with Crippen molar-refractivity contribution in [3.63, 3.8) is 0 Å². The highest BCUT2D eigenvalue weighted by atomic mass is 16.4. The van der Waals surface area contributed by atoms with Crippen LogP contribution < -0.4 is 5.32 Å². The standard InChI is InChI=1S/C6H7NO4/c8-4-3-7-5(9)1-2-6(10)11/h1-2,4H,3H2,(H,7,9)(H,10,11)/b2-1+. The Balaban J connectivity index is 3.68. The van der Waals surface area contributed by atoms with Gasteiger partial charge < -0.3 is 15.2 Å². The molecule has 0 saturated heterocycles. The summed E-state index contributed by atoms with van der Waals surface area (Å²) >= 11 is 0. The van der Waals surface area contributed by atoms with Crippen molar-refractivity contribution in [2.45, 2.75) is 0 Å². The number of carboxylic acid groups (broad SMARTS) is 1. The van der Waals surface area contributed by atoms with Crippen molar-refractivity contribution in [3.05, 3.63) is 12.2 Å². The second-order valence-electron chi connectivity index (χ2n) is 1.58. The number of carbonyl (C=O) groups is 3. The van der Waals surface area contributed by atoms with Crippen molar-refractivity contribution in [1.29, 1.82) is 0 Å². The van der Waals surface area contributed by atoms with E-state index < -0.39 is 11.9 Å². The summed E-state index contributed by atoms with van der Waals surface area (Å²) in [5.41, 5.74) is 0. The van der Waals surface area contributed by atoms with Crippen molar-refractivity contribution < 1.29 is 19.5 Å². The van der Waals surface area contributed by atoms with Gasteiger partial charge in [-0.1, -0.05) is 0 Å². The molecule has 0 bridgehead atoms. The minimum atomic E-state index is -1.20. The number of aldehydes is 1. The van der Waals surface area contributed by atoms with Gasteiger partial charge in [0.1, 0.15) is 6.29 Å². The predicted molar refractivity (Wildman–Crippen MR) is 35.8 cm³/mol. The van der Waals surface area contributed by atoms with Crippen molar-refractivity contribution in [2.75, 3.05) is 6.54 Å². The lowest BCUT2D eigenvalue weighted by molar-refractivity contribution is -0.131. The second-order valence-corrected chi connectivity index (χ2v) is 1.58. The third-order valence-corrected chi connectivity index (χ3v) is 0.737. The zero-order chi connectivity index (χ0) is 8.69. The van der Waals surface area contributed by atoms with Gasteiger partial charge in [0.15, 0.2) is 0 Å². The first-order valence-electron chi connectivity index (χ1n) is 2.79. The molecule has 0 unspecified atom stereocenters. The quantitative estimate of drug-likeness (QED) is 0.402. The van der Waals surface area contributed by atoms with E-state index in [9.17, 15) is 14.4 Å². The van der Waals surface area contributed by atoms with Gasteiger partial charge in [0.2, 0.25) is 5.91 Å². The van der Waals surface area contributed by atoms with Gasteiger partial charge in [-0.3, -0.25) is 4.79 Å². The number of nitrogens with one attached hydrogen (secondary N) is 1. The molecule has 60 valence electrons. The molecule has 0 radical (unpaired) electrons. The Bertz CT molecular complexity index is 197. The number of amides is 1. The van der Waals surface area contributed by atoms with Crippen LogP contribution in [-0.2, 0) is 14.4 Å². The highest BCUT2D eigenvalue weighted by Gasteiger charge is 1.93. The number of hydrogen-bond donors (Lipinski definition) is 2. The van der Waals surface area contributed by atoms with Crippen molar-refractivity contribution in [2.24, 2.45) is 0 Å². The fourth-order valence-electron chi connectivity index (χ4n) is 0.348. The van der Waals surface area contributed by atoms with E-state index in [-0.39, 0.29) is 6.54 Å². The molecule has 5 nitrogen and oxygen atoms in total. The predicted octanol–water partition coefficient (Wildman–Crippen LogP) is -1.06. The summed E-state index contributed by atoms with van der Waals surface area (Å²) < 4.78 is 0. The number of aliphatic carboxylic acids is 1. The molecule has 0 aromatic carbocycles. The van der Waals surface area contributed by atoms with Gasteiger partial charge >= 0.3 is 5.97 Å². The van der Waals surface area contributed by atoms with E-state index in [2.05, 4.69) is 5.32 Å². The molecule has 0 fully saturated rings. The maximum atomic E-state index is 10.5. The van der Waals surface area contributed by atoms with Crippen LogP contribution in [0.25, 0.3) is 0 Å². The molecular formula is C6H7NO4. The lowest BCUT2D eigenvalue weighted by Gasteiger charge is -1.91. The molecule has 0 heterocycles. The van der Waals surface area contributed by atoms with E-state index in [1.54, 1.807) is 0 Å². The molecule has 11 heavy (non-hydrogen) atoms. The normalized spacial score (nSPS) is 9.45. The van der Waals surface area contributed by atoms with Gasteiger partial charge in [0.25, 0.3) is 0 Å². The molecule has 1 amide bonds. The maximum absolute atomic E-state index is 10.5. The first kappa shape index (κ1) is 9.35. The minimum absolute atomic E-state index is 0.108. The SMILES string of the molecule is O=CCNC(=O)/C=C/C(=O)O. The average Bonchev–Trinajstić information content (AvgIpc) is 1.97. The molecule has 0 atom stereocenters. The largest absolute Gasteiger partial charge is 0.478 e. The summed E-state index contributed by atoms with van der Waals surface area (Å²) in [5, 5.41) is 10.2. The minimum Gasteiger partial charge on any atom is -0.478 e. The van der Waals surface area contributed by atoms with Gasteiger partial charge in [-0.15, -0.1) is 0 Å². The van der Waals surface area contributed by atoms with Crippen molar-refractivity contribution in [3.8, 4) is 0 Å². The van der Waals surface area contributed by atoms with Gasteiger partial charge in [-0.25, -0.2) is 4.79 Å². The van der Waals surface area contributed by atoms with Crippen LogP contribution in [0, 0.1) is 0 Å². The van der Waals surface area contributed by atoms with E-state index in [0.717, 1.165) is 6.08 Å². The van der Waals surface area contributed by atoms with E-state index in [1.807, 2.05) is 0 Å². The highest BCUT2D eigenvalue weighted by molar-refractivity contribution is 5.94. The van der Waals surface area contributed by atoms with Gasteiger partial charge in [-0.05, 0) is 0 Å². The summed E-state index contributed by atoms with van der Waals surface area (Å²) in [7, 11) is 0. The van der Waals surface area contributed by atoms with Crippen LogP contribution >= 0.6 is 0 Å². The van der Waals surface area contributed by atoms with Crippen LogP contribution in [0.1, 0.15) is 0 Å². The van der Waals surface area contributed by atoms with E-state index in [1.165, 1.54) is 0 Å². The lowest BCUT2D eigenvalue weighted by Crippen LogP contribution is -2.22. The summed E-state index contributed by atoms with van der Waals surface area (Å²) in [6.07, 6.45) is 2.04. The fraction of sp³-hybridized carbons (Fsp3) is 0.167. The van der Waals surface area contributed by atoms with Crippen LogP contribution in [-0.4, -0.2) is 29.8 Å². The topological polar surface area (TPSA) is 83.5 Å². The monoisotopic (exact) mass is 157 g/mol. The van der Waals surface area contributed by atoms with Crippen LogP contribution in [0.3, 0.4) is 0 Å². The number of hydrogen-bond acceptors (Lipinski definition) is 3. The molecule has 0 aliphatic heterocycles. The van der Waals surface area contributed by atoms with Crippen LogP contribution in [0.4, 0.5) is 0 Å². The molecule has 0 aromatic heterocycles. The first-order chi connectivity index (χ1) is 5.16. The summed E-state index contributed by atoms with van der Waals surface area (Å²) in [6, 6.07) is 0. The number of carbonyl (C=O) groups excluding carboxylic acids is 2. The lowest BCUT2D eigenvalue weighted by atomic mass is 10.4. The van der Waals surface area contributed by atoms with E-state index >= 15 is 0 Å². The molecule has 0 aromatic rings. The molecule has 0 aliphatic carbocycles. The van der Waals surface area contributed by atoms with Gasteiger partial charge in [0, 0.05) is 12.2 Å². The molecule has 5 heteroatoms. The zero-order valence-electron chi connectivity index (χ0n) is 5.61. The number of carboxylic acids is 1. The van der Waals surface area contributed by atoms with Crippen LogP contribution in [0.15, 0.2) is 12.2 Å². The fourth-order valence-corrected chi connectivity index (χ4v) is 0.348. The molecule has 0 saturated carbocycles. The smallest absolute Gasteiger partial charge is 0.328 e. The average molecular weight is 157 g/mol. The Kier molecular flexibility index (Phi) is 4.39. The third-order valence-electron chi connectivity index (χ3n) is 0.737. The van der Waals surface area contributed by atoms with E-state index in [0.29, 0.717) is 12.4 Å². The highest BCUT2D eigenvalue weighted by Crippen LogP contribution is 1.72. The van der Waals surface area contributed by atoms with E-state index in [4.69, 9.17) is 5.11 Å². The van der Waals surface area contributed by atoms with Crippen molar-refractivity contribution >= 4 is 18.2 Å². The summed E-state index contributed by atoms with van der Waals surface area (Å²) in [6.45, 7) is -0.108. The summed E-state index contributed by atoms with van der Waals surface area (Å²) in [4.78, 5) is 30.0. The Morgan fingerprint density at radius 1 is 1.36 bits per heavy atom. The van der Waals surface area contributed by atoms with Gasteiger partial charge in [-0.2, -0.15) is 0 Å².